The predicted octanol–water partition coefficient (Wildman–Crippen LogP) is 4.17. The van der Waals surface area contributed by atoms with Gasteiger partial charge in [-0.05, 0) is 37.1 Å². The van der Waals surface area contributed by atoms with Crippen LogP contribution in [-0.2, 0) is 6.61 Å². The number of carbonyl (C=O) groups excluding carboxylic acids is 1. The summed E-state index contributed by atoms with van der Waals surface area (Å²) in [6.07, 6.45) is 7.12. The second-order valence-electron chi connectivity index (χ2n) is 7.23. The monoisotopic (exact) mass is 400 g/mol. The van der Waals surface area contributed by atoms with Crippen LogP contribution < -0.4 is 4.74 Å². The van der Waals surface area contributed by atoms with E-state index in [-0.39, 0.29) is 18.6 Å². The molecule has 0 bridgehead atoms. The van der Waals surface area contributed by atoms with E-state index in [1.807, 2.05) is 47.4 Å². The summed E-state index contributed by atoms with van der Waals surface area (Å²) in [4.78, 5) is 23.4. The smallest absolute Gasteiger partial charge is 0.276 e. The maximum Gasteiger partial charge on any atom is 0.276 e. The molecule has 3 aromatic heterocycles. The maximum absolute atomic E-state index is 13.0. The van der Waals surface area contributed by atoms with E-state index in [0.717, 1.165) is 35.1 Å². The van der Waals surface area contributed by atoms with Crippen molar-refractivity contribution in [1.29, 1.82) is 0 Å². The molecule has 30 heavy (non-hydrogen) atoms. The van der Waals surface area contributed by atoms with Crippen molar-refractivity contribution in [2.24, 2.45) is 0 Å². The Morgan fingerprint density at radius 1 is 1.17 bits per heavy atom. The zero-order valence-corrected chi connectivity index (χ0v) is 16.3. The van der Waals surface area contributed by atoms with Gasteiger partial charge in [0.2, 0.25) is 0 Å². The lowest BCUT2D eigenvalue weighted by Gasteiger charge is -2.23. The summed E-state index contributed by atoms with van der Waals surface area (Å²) in [5.74, 6) is 1.08. The van der Waals surface area contributed by atoms with Gasteiger partial charge in [-0.15, -0.1) is 0 Å². The van der Waals surface area contributed by atoms with Gasteiger partial charge in [0.15, 0.2) is 11.5 Å². The molecule has 1 amide bonds. The third-order valence-electron chi connectivity index (χ3n) is 5.33. The number of hydrogen-bond donors (Lipinski definition) is 0. The van der Waals surface area contributed by atoms with Crippen LogP contribution in [0.2, 0.25) is 0 Å². The zero-order valence-electron chi connectivity index (χ0n) is 16.3. The predicted molar refractivity (Wildman–Crippen MR) is 110 cm³/mol. The van der Waals surface area contributed by atoms with Crippen molar-refractivity contribution in [1.82, 2.24) is 20.0 Å². The minimum Gasteiger partial charge on any atom is -0.485 e. The number of hydrogen-bond acceptors (Lipinski definition) is 6. The molecule has 0 aliphatic carbocycles. The minimum atomic E-state index is -0.144. The van der Waals surface area contributed by atoms with Crippen molar-refractivity contribution in [2.75, 3.05) is 6.54 Å². The summed E-state index contributed by atoms with van der Waals surface area (Å²) in [5.41, 5.74) is 1.19. The molecule has 1 aliphatic heterocycles. The molecule has 0 N–H and O–H groups in total. The number of likely N-dealkylation sites (tertiary alicyclic amines) is 1. The highest BCUT2D eigenvalue weighted by Crippen LogP contribution is 2.32. The van der Waals surface area contributed by atoms with Crippen LogP contribution in [0.5, 0.6) is 5.75 Å². The fourth-order valence-electron chi connectivity index (χ4n) is 3.89. The summed E-state index contributed by atoms with van der Waals surface area (Å²) in [7, 11) is 0. The Kier molecular flexibility index (Phi) is 4.85. The molecule has 1 saturated heterocycles. The largest absolute Gasteiger partial charge is 0.485 e. The summed E-state index contributed by atoms with van der Waals surface area (Å²) >= 11 is 0. The van der Waals surface area contributed by atoms with Gasteiger partial charge >= 0.3 is 0 Å². The lowest BCUT2D eigenvalue weighted by Crippen LogP contribution is -2.31. The normalized spacial score (nSPS) is 16.1. The van der Waals surface area contributed by atoms with Gasteiger partial charge in [-0.2, -0.15) is 0 Å². The molecular weight excluding hydrogens is 380 g/mol. The van der Waals surface area contributed by atoms with Crippen molar-refractivity contribution in [3.05, 3.63) is 84.3 Å². The molecular formula is C23H20N4O3. The van der Waals surface area contributed by atoms with Crippen molar-refractivity contribution in [3.8, 4) is 5.75 Å². The third kappa shape index (κ3) is 3.50. The van der Waals surface area contributed by atoms with E-state index < -0.39 is 0 Å². The average molecular weight is 400 g/mol. The molecule has 1 atom stereocenters. The molecule has 1 aromatic carbocycles. The number of amides is 1. The van der Waals surface area contributed by atoms with Gasteiger partial charge in [0, 0.05) is 42.0 Å². The summed E-state index contributed by atoms with van der Waals surface area (Å²) in [6, 6.07) is 15.1. The Balaban J connectivity index is 1.30. The van der Waals surface area contributed by atoms with Crippen molar-refractivity contribution >= 4 is 16.7 Å². The SMILES string of the molecule is O=C(c1cc(COc2cccc3cnccc23)on1)N1CCC[C@@H]1c1ccccn1. The van der Waals surface area contributed by atoms with E-state index in [9.17, 15) is 4.79 Å². The lowest BCUT2D eigenvalue weighted by atomic mass is 10.1. The fraction of sp³-hybridized carbons (Fsp3) is 0.217. The summed E-state index contributed by atoms with van der Waals surface area (Å²) < 4.78 is 11.3. The topological polar surface area (TPSA) is 81.3 Å². The van der Waals surface area contributed by atoms with E-state index in [4.69, 9.17) is 9.26 Å². The molecule has 1 fully saturated rings. The second-order valence-corrected chi connectivity index (χ2v) is 7.23. The number of rotatable bonds is 5. The van der Waals surface area contributed by atoms with Gasteiger partial charge in [-0.3, -0.25) is 14.8 Å². The molecule has 1 aliphatic rings. The summed E-state index contributed by atoms with van der Waals surface area (Å²) in [6.45, 7) is 0.869. The van der Waals surface area contributed by atoms with Gasteiger partial charge in [0.05, 0.1) is 11.7 Å². The van der Waals surface area contributed by atoms with E-state index in [1.165, 1.54) is 0 Å². The Hall–Kier alpha value is -3.74. The molecule has 4 heterocycles. The van der Waals surface area contributed by atoms with Crippen LogP contribution in [-0.4, -0.2) is 32.5 Å². The van der Waals surface area contributed by atoms with Crippen molar-refractivity contribution in [2.45, 2.75) is 25.5 Å². The number of aromatic nitrogens is 3. The molecule has 150 valence electrons. The molecule has 5 rings (SSSR count). The quantitative estimate of drug-likeness (QED) is 0.500. The highest BCUT2D eigenvalue weighted by atomic mass is 16.5. The maximum atomic E-state index is 13.0. The molecule has 0 spiro atoms. The number of carbonyl (C=O) groups is 1. The number of pyridine rings is 2. The van der Waals surface area contributed by atoms with E-state index in [2.05, 4.69) is 15.1 Å². The lowest BCUT2D eigenvalue weighted by molar-refractivity contribution is 0.0722. The van der Waals surface area contributed by atoms with Crippen LogP contribution in [0, 0.1) is 0 Å². The van der Waals surface area contributed by atoms with Crippen LogP contribution >= 0.6 is 0 Å². The Morgan fingerprint density at radius 2 is 2.13 bits per heavy atom. The van der Waals surface area contributed by atoms with Crippen molar-refractivity contribution < 1.29 is 14.1 Å². The Morgan fingerprint density at radius 3 is 3.03 bits per heavy atom. The molecule has 0 saturated carbocycles. The molecule has 0 unspecified atom stereocenters. The minimum absolute atomic E-state index is 0.0283. The number of benzene rings is 1. The van der Waals surface area contributed by atoms with Gasteiger partial charge in [-0.25, -0.2) is 0 Å². The first-order chi connectivity index (χ1) is 14.8. The molecule has 7 heteroatoms. The van der Waals surface area contributed by atoms with Gasteiger partial charge in [-0.1, -0.05) is 23.4 Å². The molecule has 0 radical (unpaired) electrons. The van der Waals surface area contributed by atoms with Crippen LogP contribution in [0.25, 0.3) is 10.8 Å². The highest BCUT2D eigenvalue weighted by molar-refractivity contribution is 5.92. The first kappa shape index (κ1) is 18.3. The Labute approximate surface area is 173 Å². The third-order valence-corrected chi connectivity index (χ3v) is 5.33. The van der Waals surface area contributed by atoms with Crippen LogP contribution in [0.3, 0.4) is 0 Å². The van der Waals surface area contributed by atoms with E-state index >= 15 is 0 Å². The standard InChI is InChI=1S/C23H20N4O3/c28-23(27-12-4-7-21(27)19-6-1-2-10-25-19)20-13-17(30-26-20)15-29-22-8-3-5-16-14-24-11-9-18(16)22/h1-3,5-6,8-11,13-14,21H,4,7,12,15H2/t21-/m1/s1. The number of ether oxygens (including phenoxy) is 1. The molecule has 4 aromatic rings. The van der Waals surface area contributed by atoms with Gasteiger partial charge in [0.25, 0.3) is 5.91 Å². The second kappa shape index (κ2) is 7.94. The Bertz CT molecular complexity index is 1170. The molecule has 7 nitrogen and oxygen atoms in total. The number of fused-ring (bicyclic) bond motifs is 1. The zero-order chi connectivity index (χ0) is 20.3. The van der Waals surface area contributed by atoms with Crippen LogP contribution in [0.4, 0.5) is 0 Å². The van der Waals surface area contributed by atoms with E-state index in [0.29, 0.717) is 18.0 Å². The summed E-state index contributed by atoms with van der Waals surface area (Å²) in [5, 5.41) is 5.96. The van der Waals surface area contributed by atoms with Crippen LogP contribution in [0.15, 0.2) is 71.6 Å². The first-order valence-corrected chi connectivity index (χ1v) is 9.92. The first-order valence-electron chi connectivity index (χ1n) is 9.92. The van der Waals surface area contributed by atoms with Crippen LogP contribution in [0.1, 0.15) is 40.8 Å². The van der Waals surface area contributed by atoms with Gasteiger partial charge < -0.3 is 14.2 Å². The average Bonchev–Trinajstić information content (AvgIpc) is 3.48. The highest BCUT2D eigenvalue weighted by Gasteiger charge is 2.32. The number of nitrogens with zero attached hydrogens (tertiary/aromatic N) is 4. The van der Waals surface area contributed by atoms with Gasteiger partial charge in [0.1, 0.15) is 12.4 Å². The van der Waals surface area contributed by atoms with Crippen molar-refractivity contribution in [3.63, 3.8) is 0 Å². The van der Waals surface area contributed by atoms with E-state index in [1.54, 1.807) is 24.7 Å². The fourth-order valence-corrected chi connectivity index (χ4v) is 3.89.